The van der Waals surface area contributed by atoms with Crippen molar-refractivity contribution in [2.75, 3.05) is 26.7 Å². The molecule has 0 spiro atoms. The van der Waals surface area contributed by atoms with Gasteiger partial charge in [-0.1, -0.05) is 12.1 Å². The minimum atomic E-state index is -0.746. The molecule has 2 aromatic rings. The third-order valence-electron chi connectivity index (χ3n) is 5.86. The number of aliphatic hydroxyl groups excluding tert-OH is 1. The van der Waals surface area contributed by atoms with Crippen LogP contribution in [0.2, 0.25) is 0 Å². The van der Waals surface area contributed by atoms with Gasteiger partial charge in [0.15, 0.2) is 0 Å². The Labute approximate surface area is 167 Å². The molecule has 1 aromatic heterocycles. The Hall–Kier alpha value is -2.78. The molecule has 2 aliphatic rings. The highest BCUT2D eigenvalue weighted by atomic mass is 19.1. The molecule has 3 N–H and O–H groups in total. The van der Waals surface area contributed by atoms with Crippen molar-refractivity contribution in [2.45, 2.75) is 31.0 Å². The fourth-order valence-corrected chi connectivity index (χ4v) is 4.28. The van der Waals surface area contributed by atoms with E-state index in [0.717, 1.165) is 0 Å². The molecular formula is C20H24FN5O3. The molecule has 4 rings (SSSR count). The van der Waals surface area contributed by atoms with E-state index in [4.69, 9.17) is 0 Å². The maximum atomic E-state index is 14.0. The van der Waals surface area contributed by atoms with Crippen LogP contribution in [0.3, 0.4) is 0 Å². The van der Waals surface area contributed by atoms with Gasteiger partial charge in [-0.25, -0.2) is 4.39 Å². The number of H-pyrrole nitrogens is 1. The number of nitrogens with zero attached hydrogens (tertiary/aromatic N) is 3. The number of rotatable bonds is 4. The Bertz CT molecular complexity index is 917. The van der Waals surface area contributed by atoms with Gasteiger partial charge in [-0.05, 0) is 31.0 Å². The van der Waals surface area contributed by atoms with E-state index >= 15 is 0 Å². The predicted molar refractivity (Wildman–Crippen MR) is 103 cm³/mol. The van der Waals surface area contributed by atoms with Crippen molar-refractivity contribution in [1.82, 2.24) is 25.3 Å². The van der Waals surface area contributed by atoms with Crippen molar-refractivity contribution in [3.63, 3.8) is 0 Å². The number of piperazine rings is 1. The van der Waals surface area contributed by atoms with E-state index in [1.54, 1.807) is 25.2 Å². The predicted octanol–water partition coefficient (Wildman–Crippen LogP) is 0.611. The van der Waals surface area contributed by atoms with Crippen LogP contribution in [0.5, 0.6) is 0 Å². The normalized spacial score (nSPS) is 25.1. The molecule has 1 aliphatic heterocycles. The average molecular weight is 401 g/mol. The van der Waals surface area contributed by atoms with Gasteiger partial charge in [-0.3, -0.25) is 19.6 Å². The van der Waals surface area contributed by atoms with Gasteiger partial charge in [0.1, 0.15) is 11.5 Å². The molecule has 154 valence electrons. The van der Waals surface area contributed by atoms with E-state index in [0.29, 0.717) is 37.2 Å². The fraction of sp³-hybridized carbons (Fsp3) is 0.450. The smallest absolute Gasteiger partial charge is 0.271 e. The molecule has 3 atom stereocenters. The number of aromatic amines is 1. The zero-order chi connectivity index (χ0) is 20.5. The highest BCUT2D eigenvalue weighted by Gasteiger charge is 2.42. The number of amides is 2. The molecule has 2 fully saturated rings. The van der Waals surface area contributed by atoms with E-state index < -0.39 is 11.9 Å². The maximum absolute atomic E-state index is 14.0. The van der Waals surface area contributed by atoms with Gasteiger partial charge in [0.25, 0.3) is 5.91 Å². The number of carbonyl (C=O) groups is 2. The number of carbonyl (C=O) groups excluding carboxylic acids is 2. The second kappa shape index (κ2) is 7.92. The summed E-state index contributed by atoms with van der Waals surface area (Å²) < 4.78 is 14.0. The lowest BCUT2D eigenvalue weighted by Crippen LogP contribution is -2.55. The van der Waals surface area contributed by atoms with Crippen molar-refractivity contribution in [3.05, 3.63) is 41.8 Å². The molecule has 1 saturated carbocycles. The van der Waals surface area contributed by atoms with E-state index in [1.165, 1.54) is 17.0 Å². The van der Waals surface area contributed by atoms with E-state index in [2.05, 4.69) is 15.5 Å². The molecular weight excluding hydrogens is 377 g/mol. The van der Waals surface area contributed by atoms with Crippen LogP contribution in [-0.4, -0.2) is 81.8 Å². The lowest BCUT2D eigenvalue weighted by Gasteiger charge is -2.35. The number of hydrogen-bond donors (Lipinski definition) is 3. The average Bonchev–Trinajstić information content (AvgIpc) is 3.34. The van der Waals surface area contributed by atoms with Crippen LogP contribution in [0.25, 0.3) is 11.3 Å². The molecule has 29 heavy (non-hydrogen) atoms. The molecule has 9 heteroatoms. The molecule has 1 aliphatic carbocycles. The maximum Gasteiger partial charge on any atom is 0.271 e. The second-order valence-electron chi connectivity index (χ2n) is 7.59. The Kier molecular flexibility index (Phi) is 5.33. The molecule has 2 amide bonds. The number of hydrogen-bond acceptors (Lipinski definition) is 5. The largest absolute Gasteiger partial charge is 0.389 e. The lowest BCUT2D eigenvalue weighted by atomic mass is 10.1. The van der Waals surface area contributed by atoms with Crippen molar-refractivity contribution in [1.29, 1.82) is 0 Å². The molecule has 0 radical (unpaired) electrons. The zero-order valence-corrected chi connectivity index (χ0v) is 16.1. The van der Waals surface area contributed by atoms with Gasteiger partial charge in [0.05, 0.1) is 24.4 Å². The molecule has 8 nitrogen and oxygen atoms in total. The molecule has 2 heterocycles. The summed E-state index contributed by atoms with van der Waals surface area (Å²) in [5.41, 5.74) is 0.901. The summed E-state index contributed by atoms with van der Waals surface area (Å²) in [5.74, 6) is -0.776. The van der Waals surface area contributed by atoms with Crippen LogP contribution in [0.1, 0.15) is 23.3 Å². The Balaban J connectivity index is 1.46. The third-order valence-corrected chi connectivity index (χ3v) is 5.86. The summed E-state index contributed by atoms with van der Waals surface area (Å²) in [6, 6.07) is 7.24. The van der Waals surface area contributed by atoms with E-state index in [9.17, 15) is 19.1 Å². The number of aromatic nitrogens is 2. The molecule has 1 aromatic carbocycles. The van der Waals surface area contributed by atoms with Crippen LogP contribution in [0.4, 0.5) is 4.39 Å². The summed E-state index contributed by atoms with van der Waals surface area (Å²) in [6.45, 7) is 1.51. The summed E-state index contributed by atoms with van der Waals surface area (Å²) in [6.07, 6.45) is 0.601. The van der Waals surface area contributed by atoms with Crippen LogP contribution >= 0.6 is 0 Å². The number of aliphatic hydroxyl groups is 1. The van der Waals surface area contributed by atoms with E-state index in [1.807, 2.05) is 4.90 Å². The number of halogens is 1. The number of benzene rings is 1. The highest BCUT2D eigenvalue weighted by molar-refractivity contribution is 5.93. The first-order chi connectivity index (χ1) is 14.0. The van der Waals surface area contributed by atoms with Crippen molar-refractivity contribution in [2.24, 2.45) is 0 Å². The minimum Gasteiger partial charge on any atom is -0.389 e. The summed E-state index contributed by atoms with van der Waals surface area (Å²) in [7, 11) is 1.64. The van der Waals surface area contributed by atoms with Crippen LogP contribution in [0, 0.1) is 5.82 Å². The van der Waals surface area contributed by atoms with Crippen molar-refractivity contribution >= 4 is 11.8 Å². The minimum absolute atomic E-state index is 0.0468. The number of likely N-dealkylation sites (N-methyl/N-ethyl adjacent to an activating group) is 1. The van der Waals surface area contributed by atoms with Gasteiger partial charge >= 0.3 is 0 Å². The van der Waals surface area contributed by atoms with Crippen LogP contribution in [-0.2, 0) is 4.79 Å². The van der Waals surface area contributed by atoms with Gasteiger partial charge in [0.2, 0.25) is 5.91 Å². The Morgan fingerprint density at radius 3 is 2.90 bits per heavy atom. The monoisotopic (exact) mass is 401 g/mol. The van der Waals surface area contributed by atoms with E-state index in [-0.39, 0.29) is 36.1 Å². The van der Waals surface area contributed by atoms with Gasteiger partial charge in [-0.2, -0.15) is 5.10 Å². The van der Waals surface area contributed by atoms with Crippen LogP contribution < -0.4 is 5.32 Å². The van der Waals surface area contributed by atoms with Crippen molar-refractivity contribution in [3.8, 4) is 11.3 Å². The quantitative estimate of drug-likeness (QED) is 0.697. The fourth-order valence-electron chi connectivity index (χ4n) is 4.28. The molecule has 0 unspecified atom stereocenters. The van der Waals surface area contributed by atoms with Gasteiger partial charge < -0.3 is 15.3 Å². The third kappa shape index (κ3) is 3.75. The zero-order valence-electron chi connectivity index (χ0n) is 16.1. The summed E-state index contributed by atoms with van der Waals surface area (Å²) in [5, 5.41) is 20.4. The molecule has 0 bridgehead atoms. The van der Waals surface area contributed by atoms with Gasteiger partial charge in [-0.15, -0.1) is 0 Å². The first-order valence-electron chi connectivity index (χ1n) is 9.72. The summed E-state index contributed by atoms with van der Waals surface area (Å²) >= 11 is 0. The summed E-state index contributed by atoms with van der Waals surface area (Å²) in [4.78, 5) is 28.1. The highest BCUT2D eigenvalue weighted by Crippen LogP contribution is 2.29. The first-order valence-corrected chi connectivity index (χ1v) is 9.72. The SMILES string of the molecule is CN(C(=O)c1cc(-c2ccccc2F)n[nH]1)[C@@H]1CC[C@@H](N2CCNC(=O)C2)[C@@H]1O. The Morgan fingerprint density at radius 2 is 2.14 bits per heavy atom. The second-order valence-corrected chi connectivity index (χ2v) is 7.59. The lowest BCUT2D eigenvalue weighted by molar-refractivity contribution is -0.125. The standard InChI is InChI=1S/C20H24FN5O3/c1-25(16-6-7-17(19(16)28)26-9-8-22-18(27)11-26)20(29)15-10-14(23-24-15)12-4-2-3-5-13(12)21/h2-5,10,16-17,19,28H,6-9,11H2,1H3,(H,22,27)(H,23,24)/t16-,17-,19-/m1/s1. The first kappa shape index (κ1) is 19.5. The molecule has 1 saturated heterocycles. The number of nitrogens with one attached hydrogen (secondary N) is 2. The van der Waals surface area contributed by atoms with Gasteiger partial charge in [0, 0.05) is 31.7 Å². The topological polar surface area (TPSA) is 102 Å². The van der Waals surface area contributed by atoms with Crippen LogP contribution in [0.15, 0.2) is 30.3 Å². The van der Waals surface area contributed by atoms with Crippen molar-refractivity contribution < 1.29 is 19.1 Å². The Morgan fingerprint density at radius 1 is 1.34 bits per heavy atom.